The van der Waals surface area contributed by atoms with Crippen LogP contribution in [0.15, 0.2) is 16.7 Å². The van der Waals surface area contributed by atoms with Crippen LogP contribution in [0.5, 0.6) is 0 Å². The summed E-state index contributed by atoms with van der Waals surface area (Å²) in [6.07, 6.45) is 14.3. The number of hydrogen-bond donors (Lipinski definition) is 1. The summed E-state index contributed by atoms with van der Waals surface area (Å²) in [5.41, 5.74) is 3.81. The summed E-state index contributed by atoms with van der Waals surface area (Å²) < 4.78 is 5.46. The molecule has 1 heterocycles. The third-order valence-corrected chi connectivity index (χ3v) is 5.78. The van der Waals surface area contributed by atoms with E-state index in [1.807, 2.05) is 13.0 Å². The van der Waals surface area contributed by atoms with Gasteiger partial charge in [-0.3, -0.25) is 4.79 Å². The van der Waals surface area contributed by atoms with Crippen molar-refractivity contribution in [2.24, 2.45) is 0 Å². The van der Waals surface area contributed by atoms with Crippen LogP contribution < -0.4 is 5.32 Å². The Kier molecular flexibility index (Phi) is 7.31. The second-order valence-corrected chi connectivity index (χ2v) is 8.28. The van der Waals surface area contributed by atoms with E-state index in [2.05, 4.69) is 23.5 Å². The molecule has 0 radical (unpaired) electrons. The van der Waals surface area contributed by atoms with Gasteiger partial charge in [0.25, 0.3) is 0 Å². The topological polar surface area (TPSA) is 55.1 Å². The van der Waals surface area contributed by atoms with Crippen molar-refractivity contribution in [2.75, 3.05) is 0 Å². The van der Waals surface area contributed by atoms with E-state index in [0.29, 0.717) is 12.5 Å². The summed E-state index contributed by atoms with van der Waals surface area (Å²) >= 11 is 0. The lowest BCUT2D eigenvalue weighted by Gasteiger charge is -2.19. The smallest absolute Gasteiger partial charge is 0.226 e. The molecule has 0 aliphatic heterocycles. The van der Waals surface area contributed by atoms with Gasteiger partial charge in [0.1, 0.15) is 5.69 Å². The average molecular weight is 371 g/mol. The number of carbonyl (C=O) groups excluding carboxylic acids is 1. The third-order valence-electron chi connectivity index (χ3n) is 5.78. The minimum atomic E-state index is 0.0715. The van der Waals surface area contributed by atoms with Crippen molar-refractivity contribution in [3.05, 3.63) is 29.0 Å². The van der Waals surface area contributed by atoms with Gasteiger partial charge in [0.2, 0.25) is 5.91 Å². The number of fused-ring (bicyclic) bond motifs is 1. The van der Waals surface area contributed by atoms with Gasteiger partial charge in [-0.15, -0.1) is 0 Å². The first-order valence-electron chi connectivity index (χ1n) is 10.8. The summed E-state index contributed by atoms with van der Waals surface area (Å²) in [6, 6.07) is 4.41. The minimum Gasteiger partial charge on any atom is -0.356 e. The van der Waals surface area contributed by atoms with Crippen LogP contribution in [0.2, 0.25) is 0 Å². The highest BCUT2D eigenvalue weighted by Crippen LogP contribution is 2.24. The molecule has 0 saturated heterocycles. The number of nitrogens with zero attached hydrogens (tertiary/aromatic N) is 1. The van der Waals surface area contributed by atoms with Crippen molar-refractivity contribution in [1.82, 2.24) is 10.5 Å². The molecule has 1 N–H and O–H groups in total. The van der Waals surface area contributed by atoms with Crippen molar-refractivity contribution >= 4 is 16.9 Å². The molecular formula is C23H34N2O2. The maximum Gasteiger partial charge on any atom is 0.226 e. The lowest BCUT2D eigenvalue weighted by atomic mass is 9.97. The molecule has 0 bridgehead atoms. The molecule has 1 aliphatic rings. The Morgan fingerprint density at radius 1 is 1.00 bits per heavy atom. The van der Waals surface area contributed by atoms with Gasteiger partial charge in [0, 0.05) is 11.4 Å². The lowest BCUT2D eigenvalue weighted by Crippen LogP contribution is -2.36. The lowest BCUT2D eigenvalue weighted by molar-refractivity contribution is -0.121. The molecule has 4 heteroatoms. The van der Waals surface area contributed by atoms with Gasteiger partial charge in [-0.1, -0.05) is 69.0 Å². The van der Waals surface area contributed by atoms with Crippen LogP contribution in [0.3, 0.4) is 0 Å². The Morgan fingerprint density at radius 3 is 2.22 bits per heavy atom. The van der Waals surface area contributed by atoms with E-state index in [-0.39, 0.29) is 5.91 Å². The molecule has 4 nitrogen and oxygen atoms in total. The third kappa shape index (κ3) is 5.82. The van der Waals surface area contributed by atoms with Gasteiger partial charge in [0.15, 0.2) is 5.58 Å². The molecule has 148 valence electrons. The van der Waals surface area contributed by atoms with E-state index in [0.717, 1.165) is 40.6 Å². The Bertz CT molecular complexity index is 738. The van der Waals surface area contributed by atoms with Gasteiger partial charge >= 0.3 is 0 Å². The van der Waals surface area contributed by atoms with Gasteiger partial charge in [-0.25, -0.2) is 0 Å². The molecule has 3 rings (SSSR count). The first kappa shape index (κ1) is 19.9. The maximum atomic E-state index is 12.7. The number of nitrogens with one attached hydrogen (secondary N) is 1. The second-order valence-electron chi connectivity index (χ2n) is 8.28. The quantitative estimate of drug-likeness (QED) is 0.745. The SMILES string of the molecule is Cc1cc(C)c2c(CC(=O)NC3CCCCCCCCCCC3)noc2c1. The predicted molar refractivity (Wildman–Crippen MR) is 110 cm³/mol. The first-order valence-corrected chi connectivity index (χ1v) is 10.8. The van der Waals surface area contributed by atoms with Gasteiger partial charge in [-0.05, 0) is 43.9 Å². The van der Waals surface area contributed by atoms with E-state index < -0.39 is 0 Å². The van der Waals surface area contributed by atoms with Gasteiger partial charge < -0.3 is 9.84 Å². The molecule has 1 aromatic carbocycles. The second kappa shape index (κ2) is 9.91. The predicted octanol–water partition coefficient (Wildman–Crippen LogP) is 5.78. The highest BCUT2D eigenvalue weighted by Gasteiger charge is 2.17. The molecule has 1 fully saturated rings. The maximum absolute atomic E-state index is 12.7. The van der Waals surface area contributed by atoms with Crippen molar-refractivity contribution in [3.8, 4) is 0 Å². The number of carbonyl (C=O) groups is 1. The molecule has 1 amide bonds. The fraction of sp³-hybridized carbons (Fsp3) is 0.652. The normalized spacial score (nSPS) is 18.0. The number of amides is 1. The Labute approximate surface area is 163 Å². The molecule has 0 unspecified atom stereocenters. The Hall–Kier alpha value is -1.84. The van der Waals surface area contributed by atoms with Crippen molar-refractivity contribution in [3.63, 3.8) is 0 Å². The molecule has 1 aromatic heterocycles. The summed E-state index contributed by atoms with van der Waals surface area (Å²) in [4.78, 5) is 12.7. The monoisotopic (exact) mass is 370 g/mol. The van der Waals surface area contributed by atoms with Crippen LogP contribution in [0.4, 0.5) is 0 Å². The van der Waals surface area contributed by atoms with Gasteiger partial charge in [-0.2, -0.15) is 0 Å². The number of benzene rings is 1. The fourth-order valence-electron chi connectivity index (χ4n) is 4.38. The van der Waals surface area contributed by atoms with E-state index in [4.69, 9.17) is 4.52 Å². The summed E-state index contributed by atoms with van der Waals surface area (Å²) in [6.45, 7) is 4.10. The molecule has 2 aromatic rings. The van der Waals surface area contributed by atoms with Crippen LogP contribution in [0.25, 0.3) is 11.0 Å². The Morgan fingerprint density at radius 2 is 1.59 bits per heavy atom. The number of aromatic nitrogens is 1. The standard InChI is InChI=1S/C23H34N2O2/c1-17-14-18(2)23-20(25-27-21(23)15-17)16-22(26)24-19-12-10-8-6-4-3-5-7-9-11-13-19/h14-15,19H,3-13,16H2,1-2H3,(H,24,26). The van der Waals surface area contributed by atoms with Crippen LogP contribution in [-0.4, -0.2) is 17.1 Å². The summed E-state index contributed by atoms with van der Waals surface area (Å²) in [5, 5.41) is 8.46. The van der Waals surface area contributed by atoms with E-state index in [1.165, 1.54) is 57.8 Å². The highest BCUT2D eigenvalue weighted by molar-refractivity contribution is 5.88. The van der Waals surface area contributed by atoms with Crippen LogP contribution in [-0.2, 0) is 11.2 Å². The number of rotatable bonds is 3. The molecular weight excluding hydrogens is 336 g/mol. The van der Waals surface area contributed by atoms with E-state index in [1.54, 1.807) is 0 Å². The highest BCUT2D eigenvalue weighted by atomic mass is 16.5. The zero-order chi connectivity index (χ0) is 19.1. The summed E-state index contributed by atoms with van der Waals surface area (Å²) in [7, 11) is 0. The average Bonchev–Trinajstić information content (AvgIpc) is 3.00. The van der Waals surface area contributed by atoms with E-state index >= 15 is 0 Å². The van der Waals surface area contributed by atoms with Crippen molar-refractivity contribution in [1.29, 1.82) is 0 Å². The molecule has 0 spiro atoms. The molecule has 1 aliphatic carbocycles. The summed E-state index contributed by atoms with van der Waals surface area (Å²) in [5.74, 6) is 0.0715. The van der Waals surface area contributed by atoms with E-state index in [9.17, 15) is 4.79 Å². The number of aryl methyl sites for hydroxylation is 2. The van der Waals surface area contributed by atoms with Crippen LogP contribution in [0, 0.1) is 13.8 Å². The minimum absolute atomic E-state index is 0.0715. The zero-order valence-electron chi connectivity index (χ0n) is 17.0. The molecule has 1 saturated carbocycles. The molecule has 27 heavy (non-hydrogen) atoms. The fourth-order valence-corrected chi connectivity index (χ4v) is 4.38. The largest absolute Gasteiger partial charge is 0.356 e. The van der Waals surface area contributed by atoms with Crippen LogP contribution in [0.1, 0.15) is 87.4 Å². The zero-order valence-corrected chi connectivity index (χ0v) is 17.0. The molecule has 0 atom stereocenters. The van der Waals surface area contributed by atoms with Crippen LogP contribution >= 0.6 is 0 Å². The Balaban J connectivity index is 1.60. The van der Waals surface area contributed by atoms with Gasteiger partial charge in [0.05, 0.1) is 6.42 Å². The van der Waals surface area contributed by atoms with Crippen molar-refractivity contribution < 1.29 is 9.32 Å². The number of hydrogen-bond acceptors (Lipinski definition) is 3. The van der Waals surface area contributed by atoms with Crippen molar-refractivity contribution in [2.45, 2.75) is 96.9 Å². The first-order chi connectivity index (χ1) is 13.1.